The highest BCUT2D eigenvalue weighted by atomic mass is 32.2. The van der Waals surface area contributed by atoms with Gasteiger partial charge in [-0.05, 0) is 30.4 Å². The zero-order valence-corrected chi connectivity index (χ0v) is 14.8. The molecule has 0 aliphatic rings. The fourth-order valence-corrected chi connectivity index (χ4v) is 2.58. The normalized spacial score (nSPS) is 13.8. The van der Waals surface area contributed by atoms with E-state index in [4.69, 9.17) is 0 Å². The summed E-state index contributed by atoms with van der Waals surface area (Å²) in [7, 11) is -0.933. The summed E-state index contributed by atoms with van der Waals surface area (Å²) in [5.74, 6) is 0.348. The van der Waals surface area contributed by atoms with Crippen molar-refractivity contribution in [2.75, 3.05) is 12.0 Å². The van der Waals surface area contributed by atoms with Gasteiger partial charge < -0.3 is 5.32 Å². The van der Waals surface area contributed by atoms with Crippen molar-refractivity contribution >= 4 is 16.7 Å². The summed E-state index contributed by atoms with van der Waals surface area (Å²) in [6, 6.07) is 8.37. The minimum atomic E-state index is -0.933. The molecule has 1 aromatic rings. The van der Waals surface area contributed by atoms with Gasteiger partial charge in [0, 0.05) is 29.2 Å². The van der Waals surface area contributed by atoms with E-state index in [0.29, 0.717) is 12.2 Å². The minimum absolute atomic E-state index is 0.0601. The molecule has 0 aromatic heterocycles. The molecule has 0 saturated carbocycles. The van der Waals surface area contributed by atoms with Crippen molar-refractivity contribution in [2.24, 2.45) is 0 Å². The van der Waals surface area contributed by atoms with Gasteiger partial charge in [-0.3, -0.25) is 9.00 Å². The van der Waals surface area contributed by atoms with Gasteiger partial charge in [0.1, 0.15) is 0 Å². The molecule has 0 radical (unpaired) electrons. The average molecular weight is 309 g/mol. The number of carbonyl (C=O) groups excluding carboxylic acids is 1. The van der Waals surface area contributed by atoms with E-state index in [2.05, 4.69) is 50.4 Å². The summed E-state index contributed by atoms with van der Waals surface area (Å²) in [4.78, 5) is 11.9. The molecule has 0 aliphatic heterocycles. The lowest BCUT2D eigenvalue weighted by Crippen LogP contribution is -2.41. The SMILES string of the molecule is C[S@@](=O)CCC(=O)NC(C)(C)c1ccc(C(C)(C)C)cc1. The maximum Gasteiger partial charge on any atom is 0.221 e. The first-order valence-corrected chi connectivity index (χ1v) is 8.97. The molecule has 1 N–H and O–H groups in total. The van der Waals surface area contributed by atoms with E-state index < -0.39 is 16.3 Å². The molecular formula is C17H27NO2S. The maximum absolute atomic E-state index is 11.9. The first kappa shape index (κ1) is 17.9. The molecule has 1 rings (SSSR count). The Hall–Kier alpha value is -1.16. The zero-order chi connectivity index (χ0) is 16.3. The Labute approximate surface area is 131 Å². The number of nitrogens with one attached hydrogen (secondary N) is 1. The van der Waals surface area contributed by atoms with Gasteiger partial charge in [-0.15, -0.1) is 0 Å². The second-order valence-electron chi connectivity index (χ2n) is 7.03. The highest BCUT2D eigenvalue weighted by Gasteiger charge is 2.23. The maximum atomic E-state index is 11.9. The second-order valence-corrected chi connectivity index (χ2v) is 8.58. The quantitative estimate of drug-likeness (QED) is 0.908. The Balaban J connectivity index is 2.78. The second kappa shape index (κ2) is 6.73. The number of carbonyl (C=O) groups is 1. The molecule has 0 unspecified atom stereocenters. The Kier molecular flexibility index (Phi) is 5.74. The number of amides is 1. The number of hydrogen-bond donors (Lipinski definition) is 1. The predicted molar refractivity (Wildman–Crippen MR) is 89.9 cm³/mol. The largest absolute Gasteiger partial charge is 0.347 e. The van der Waals surface area contributed by atoms with Crippen LogP contribution in [-0.2, 0) is 26.5 Å². The van der Waals surface area contributed by atoms with E-state index in [9.17, 15) is 9.00 Å². The summed E-state index contributed by atoms with van der Waals surface area (Å²) in [5.41, 5.74) is 2.04. The average Bonchev–Trinajstić information content (AvgIpc) is 2.35. The molecule has 1 aromatic carbocycles. The van der Waals surface area contributed by atoms with Crippen molar-refractivity contribution in [2.45, 2.75) is 52.0 Å². The van der Waals surface area contributed by atoms with Gasteiger partial charge in [0.15, 0.2) is 0 Å². The van der Waals surface area contributed by atoms with E-state index in [1.807, 2.05) is 13.8 Å². The van der Waals surface area contributed by atoms with Gasteiger partial charge in [0.25, 0.3) is 0 Å². The zero-order valence-electron chi connectivity index (χ0n) is 13.9. The molecule has 0 fully saturated rings. The molecule has 1 amide bonds. The van der Waals surface area contributed by atoms with Crippen LogP contribution in [0.5, 0.6) is 0 Å². The monoisotopic (exact) mass is 309 g/mol. The first-order valence-electron chi connectivity index (χ1n) is 7.24. The van der Waals surface area contributed by atoms with Crippen molar-refractivity contribution in [3.63, 3.8) is 0 Å². The van der Waals surface area contributed by atoms with Gasteiger partial charge in [-0.25, -0.2) is 0 Å². The summed E-state index contributed by atoms with van der Waals surface area (Å²) in [5, 5.41) is 3.01. The smallest absolute Gasteiger partial charge is 0.221 e. The first-order chi connectivity index (χ1) is 9.52. The summed E-state index contributed by atoms with van der Waals surface area (Å²) >= 11 is 0. The third kappa shape index (κ3) is 5.62. The van der Waals surface area contributed by atoms with Crippen molar-refractivity contribution in [1.82, 2.24) is 5.32 Å². The number of benzene rings is 1. The van der Waals surface area contributed by atoms with Crippen LogP contribution < -0.4 is 5.32 Å². The fourth-order valence-electron chi connectivity index (χ4n) is 2.11. The van der Waals surface area contributed by atoms with Crippen LogP contribution in [-0.4, -0.2) is 22.1 Å². The van der Waals surface area contributed by atoms with E-state index >= 15 is 0 Å². The topological polar surface area (TPSA) is 46.2 Å². The van der Waals surface area contributed by atoms with Gasteiger partial charge >= 0.3 is 0 Å². The Morgan fingerprint density at radius 3 is 1.95 bits per heavy atom. The van der Waals surface area contributed by atoms with E-state index in [0.717, 1.165) is 5.56 Å². The lowest BCUT2D eigenvalue weighted by atomic mass is 9.84. The van der Waals surface area contributed by atoms with Crippen molar-refractivity contribution in [3.05, 3.63) is 35.4 Å². The standard InChI is InChI=1S/C17H27NO2S/c1-16(2,3)13-7-9-14(10-8-13)17(4,5)18-15(19)11-12-21(6)20/h7-10H,11-12H2,1-6H3,(H,18,19)/t21-/m1/s1. The van der Waals surface area contributed by atoms with Crippen LogP contribution in [0.2, 0.25) is 0 Å². The molecule has 0 heterocycles. The molecule has 0 spiro atoms. The van der Waals surface area contributed by atoms with Crippen molar-refractivity contribution < 1.29 is 9.00 Å². The molecule has 1 atom stereocenters. The minimum Gasteiger partial charge on any atom is -0.347 e. The summed E-state index contributed by atoms with van der Waals surface area (Å²) in [6.45, 7) is 10.5. The van der Waals surface area contributed by atoms with Crippen LogP contribution in [0.1, 0.15) is 52.2 Å². The third-order valence-corrected chi connectivity index (χ3v) is 4.32. The molecule has 3 nitrogen and oxygen atoms in total. The Morgan fingerprint density at radius 1 is 1.05 bits per heavy atom. The highest BCUT2D eigenvalue weighted by Crippen LogP contribution is 2.26. The molecule has 0 aliphatic carbocycles. The van der Waals surface area contributed by atoms with E-state index in [-0.39, 0.29) is 11.3 Å². The van der Waals surface area contributed by atoms with Crippen LogP contribution in [0.4, 0.5) is 0 Å². The van der Waals surface area contributed by atoms with Crippen LogP contribution in [0.15, 0.2) is 24.3 Å². The van der Waals surface area contributed by atoms with Crippen LogP contribution >= 0.6 is 0 Å². The summed E-state index contributed by atoms with van der Waals surface area (Å²) in [6.07, 6.45) is 1.91. The molecule has 0 bridgehead atoms. The number of hydrogen-bond acceptors (Lipinski definition) is 2. The molecule has 0 saturated heterocycles. The van der Waals surface area contributed by atoms with Crippen molar-refractivity contribution in [1.29, 1.82) is 0 Å². The highest BCUT2D eigenvalue weighted by molar-refractivity contribution is 7.84. The Bertz CT molecular complexity index is 513. The van der Waals surface area contributed by atoms with Gasteiger partial charge in [0.05, 0.1) is 5.54 Å². The fraction of sp³-hybridized carbons (Fsp3) is 0.588. The summed E-state index contributed by atoms with van der Waals surface area (Å²) < 4.78 is 11.0. The van der Waals surface area contributed by atoms with Crippen LogP contribution in [0.25, 0.3) is 0 Å². The molecule has 21 heavy (non-hydrogen) atoms. The number of rotatable bonds is 5. The molecule has 118 valence electrons. The predicted octanol–water partition coefficient (Wildman–Crippen LogP) is 3.10. The van der Waals surface area contributed by atoms with Gasteiger partial charge in [-0.2, -0.15) is 0 Å². The molecular weight excluding hydrogens is 282 g/mol. The van der Waals surface area contributed by atoms with Crippen molar-refractivity contribution in [3.8, 4) is 0 Å². The third-order valence-electron chi connectivity index (χ3n) is 3.54. The molecule has 4 heteroatoms. The van der Waals surface area contributed by atoms with Crippen LogP contribution in [0.3, 0.4) is 0 Å². The van der Waals surface area contributed by atoms with Gasteiger partial charge in [-0.1, -0.05) is 45.0 Å². The lowest BCUT2D eigenvalue weighted by molar-refractivity contribution is -0.122. The van der Waals surface area contributed by atoms with Gasteiger partial charge in [0.2, 0.25) is 5.91 Å². The van der Waals surface area contributed by atoms with E-state index in [1.54, 1.807) is 6.26 Å². The van der Waals surface area contributed by atoms with Crippen LogP contribution in [0, 0.1) is 0 Å². The van der Waals surface area contributed by atoms with E-state index in [1.165, 1.54) is 5.56 Å². The Morgan fingerprint density at radius 2 is 1.52 bits per heavy atom. The lowest BCUT2D eigenvalue weighted by Gasteiger charge is -2.28.